The quantitative estimate of drug-likeness (QED) is 0.783. The molecular formula is C15H23NS. The van der Waals surface area contributed by atoms with Crippen molar-refractivity contribution in [3.63, 3.8) is 0 Å². The first-order valence-electron chi connectivity index (χ1n) is 6.59. The second-order valence-electron chi connectivity index (χ2n) is 5.34. The number of hydrogen-bond acceptors (Lipinski definition) is 2. The lowest BCUT2D eigenvalue weighted by molar-refractivity contribution is 0.261. The molecule has 1 aromatic rings. The molecular weight excluding hydrogens is 226 g/mol. The molecule has 1 aromatic carbocycles. The molecule has 94 valence electrons. The highest BCUT2D eigenvalue weighted by Crippen LogP contribution is 2.31. The first-order valence-corrected chi connectivity index (χ1v) is 7.82. The fourth-order valence-electron chi connectivity index (χ4n) is 2.63. The second kappa shape index (κ2) is 5.81. The van der Waals surface area contributed by atoms with E-state index in [2.05, 4.69) is 49.7 Å². The molecule has 1 nitrogen and oxygen atoms in total. The summed E-state index contributed by atoms with van der Waals surface area (Å²) in [6, 6.07) is 9.42. The van der Waals surface area contributed by atoms with E-state index < -0.39 is 0 Å². The molecule has 2 heteroatoms. The number of nitrogens with one attached hydrogen (secondary N) is 1. The molecule has 17 heavy (non-hydrogen) atoms. The van der Waals surface area contributed by atoms with Crippen LogP contribution >= 0.6 is 11.8 Å². The third-order valence-electron chi connectivity index (χ3n) is 4.04. The monoisotopic (exact) mass is 249 g/mol. The minimum absolute atomic E-state index is 0.665. The molecule has 0 heterocycles. The summed E-state index contributed by atoms with van der Waals surface area (Å²) in [7, 11) is 0. The minimum atomic E-state index is 0.665. The number of hydrogen-bond donors (Lipinski definition) is 1. The maximum atomic E-state index is 3.69. The van der Waals surface area contributed by atoms with Gasteiger partial charge in [0.15, 0.2) is 0 Å². The first-order chi connectivity index (χ1) is 8.19. The van der Waals surface area contributed by atoms with E-state index in [0.717, 1.165) is 11.8 Å². The molecule has 0 saturated heterocycles. The van der Waals surface area contributed by atoms with Gasteiger partial charge in [-0.2, -0.15) is 0 Å². The average Bonchev–Trinajstić information content (AvgIpc) is 2.34. The third kappa shape index (κ3) is 3.41. The summed E-state index contributed by atoms with van der Waals surface area (Å²) in [6.07, 6.45) is 6.12. The van der Waals surface area contributed by atoms with Gasteiger partial charge in [0, 0.05) is 16.6 Å². The van der Waals surface area contributed by atoms with Crippen LogP contribution in [0.5, 0.6) is 0 Å². The van der Waals surface area contributed by atoms with Crippen LogP contribution < -0.4 is 5.32 Å². The summed E-state index contributed by atoms with van der Waals surface area (Å²) < 4.78 is 0. The topological polar surface area (TPSA) is 12.0 Å². The molecule has 0 spiro atoms. The van der Waals surface area contributed by atoms with E-state index in [9.17, 15) is 0 Å². The summed E-state index contributed by atoms with van der Waals surface area (Å²) in [6.45, 7) is 4.77. The lowest BCUT2D eigenvalue weighted by Gasteiger charge is -2.33. The smallest absolute Gasteiger partial charge is 0.0353 e. The Labute approximate surface area is 109 Å². The zero-order valence-corrected chi connectivity index (χ0v) is 11.9. The van der Waals surface area contributed by atoms with Crippen molar-refractivity contribution in [1.82, 2.24) is 0 Å². The van der Waals surface area contributed by atoms with Crippen LogP contribution in [0.4, 0.5) is 5.69 Å². The van der Waals surface area contributed by atoms with Crippen LogP contribution in [0.1, 0.15) is 33.1 Å². The van der Waals surface area contributed by atoms with Crippen molar-refractivity contribution < 1.29 is 0 Å². The van der Waals surface area contributed by atoms with E-state index in [1.54, 1.807) is 11.8 Å². The predicted octanol–water partition coefficient (Wildman–Crippen LogP) is 4.65. The van der Waals surface area contributed by atoms with Gasteiger partial charge in [-0.25, -0.2) is 0 Å². The molecule has 0 radical (unpaired) electrons. The van der Waals surface area contributed by atoms with Gasteiger partial charge >= 0.3 is 0 Å². The molecule has 0 aromatic heterocycles. The van der Waals surface area contributed by atoms with Gasteiger partial charge in [0.2, 0.25) is 0 Å². The number of thioether (sulfide) groups is 1. The van der Waals surface area contributed by atoms with Crippen LogP contribution in [-0.2, 0) is 0 Å². The molecule has 1 aliphatic rings. The van der Waals surface area contributed by atoms with Gasteiger partial charge in [-0.05, 0) is 55.6 Å². The number of anilines is 1. The van der Waals surface area contributed by atoms with Crippen molar-refractivity contribution in [2.75, 3.05) is 11.6 Å². The Morgan fingerprint density at radius 1 is 1.18 bits per heavy atom. The summed E-state index contributed by atoms with van der Waals surface area (Å²) in [4.78, 5) is 1.34. The maximum absolute atomic E-state index is 3.69. The van der Waals surface area contributed by atoms with E-state index in [1.807, 2.05) is 0 Å². The Bertz CT molecular complexity index is 364. The number of rotatable bonds is 3. The van der Waals surface area contributed by atoms with Crippen LogP contribution in [0.25, 0.3) is 0 Å². The SMILES string of the molecule is CSc1cccc(NC2CCC(C)C(C)C2)c1. The van der Waals surface area contributed by atoms with Crippen LogP contribution in [0.15, 0.2) is 29.2 Å². The van der Waals surface area contributed by atoms with Gasteiger partial charge in [0.25, 0.3) is 0 Å². The van der Waals surface area contributed by atoms with E-state index in [-0.39, 0.29) is 0 Å². The summed E-state index contributed by atoms with van der Waals surface area (Å²) in [5.74, 6) is 1.75. The van der Waals surface area contributed by atoms with Gasteiger partial charge in [0.05, 0.1) is 0 Å². The molecule has 1 saturated carbocycles. The van der Waals surface area contributed by atoms with Crippen LogP contribution in [0, 0.1) is 11.8 Å². The lowest BCUT2D eigenvalue weighted by Crippen LogP contribution is -2.30. The zero-order valence-electron chi connectivity index (χ0n) is 11.1. The van der Waals surface area contributed by atoms with Gasteiger partial charge in [-0.1, -0.05) is 19.9 Å². The van der Waals surface area contributed by atoms with Crippen molar-refractivity contribution >= 4 is 17.4 Å². The van der Waals surface area contributed by atoms with E-state index in [1.165, 1.54) is 29.8 Å². The van der Waals surface area contributed by atoms with Crippen LogP contribution in [0.2, 0.25) is 0 Å². The van der Waals surface area contributed by atoms with E-state index in [4.69, 9.17) is 0 Å². The van der Waals surface area contributed by atoms with Gasteiger partial charge < -0.3 is 5.32 Å². The fraction of sp³-hybridized carbons (Fsp3) is 0.600. The van der Waals surface area contributed by atoms with Gasteiger partial charge in [-0.3, -0.25) is 0 Å². The van der Waals surface area contributed by atoms with Crippen molar-refractivity contribution in [3.05, 3.63) is 24.3 Å². The second-order valence-corrected chi connectivity index (χ2v) is 6.22. The number of benzene rings is 1. The zero-order chi connectivity index (χ0) is 12.3. The van der Waals surface area contributed by atoms with Crippen LogP contribution in [0.3, 0.4) is 0 Å². The molecule has 1 aliphatic carbocycles. The normalized spacial score (nSPS) is 29.0. The molecule has 1 N–H and O–H groups in total. The molecule has 0 bridgehead atoms. The van der Waals surface area contributed by atoms with Gasteiger partial charge in [0.1, 0.15) is 0 Å². The van der Waals surface area contributed by atoms with Crippen LogP contribution in [-0.4, -0.2) is 12.3 Å². The summed E-state index contributed by atoms with van der Waals surface area (Å²) in [5.41, 5.74) is 1.28. The van der Waals surface area contributed by atoms with Crippen molar-refractivity contribution in [2.45, 2.75) is 44.0 Å². The molecule has 0 amide bonds. The molecule has 3 atom stereocenters. The van der Waals surface area contributed by atoms with Crippen molar-refractivity contribution in [2.24, 2.45) is 11.8 Å². The summed E-state index contributed by atoms with van der Waals surface area (Å²) in [5, 5.41) is 3.69. The highest BCUT2D eigenvalue weighted by Gasteiger charge is 2.24. The van der Waals surface area contributed by atoms with E-state index >= 15 is 0 Å². The highest BCUT2D eigenvalue weighted by atomic mass is 32.2. The lowest BCUT2D eigenvalue weighted by atomic mass is 9.79. The Morgan fingerprint density at radius 2 is 2.00 bits per heavy atom. The molecule has 3 unspecified atom stereocenters. The fourth-order valence-corrected chi connectivity index (χ4v) is 3.09. The maximum Gasteiger partial charge on any atom is 0.0353 e. The molecule has 1 fully saturated rings. The highest BCUT2D eigenvalue weighted by molar-refractivity contribution is 7.98. The van der Waals surface area contributed by atoms with Gasteiger partial charge in [-0.15, -0.1) is 11.8 Å². The first kappa shape index (κ1) is 12.8. The summed E-state index contributed by atoms with van der Waals surface area (Å²) >= 11 is 1.81. The molecule has 2 rings (SSSR count). The predicted molar refractivity (Wildman–Crippen MR) is 77.8 cm³/mol. The van der Waals surface area contributed by atoms with Crippen molar-refractivity contribution in [3.8, 4) is 0 Å². The standard InChI is InChI=1S/C15H23NS/c1-11-7-8-14(9-12(11)2)16-13-5-4-6-15(10-13)17-3/h4-6,10-12,14,16H,7-9H2,1-3H3. The largest absolute Gasteiger partial charge is 0.382 e. The Morgan fingerprint density at radius 3 is 2.71 bits per heavy atom. The molecule has 0 aliphatic heterocycles. The average molecular weight is 249 g/mol. The van der Waals surface area contributed by atoms with E-state index in [0.29, 0.717) is 6.04 Å². The Kier molecular flexibility index (Phi) is 4.38. The third-order valence-corrected chi connectivity index (χ3v) is 4.76. The Hall–Kier alpha value is -0.630. The Balaban J connectivity index is 1.96. The minimum Gasteiger partial charge on any atom is -0.382 e. The van der Waals surface area contributed by atoms with Crippen molar-refractivity contribution in [1.29, 1.82) is 0 Å².